The summed E-state index contributed by atoms with van der Waals surface area (Å²) in [6.07, 6.45) is 4.68. The van der Waals surface area contributed by atoms with E-state index >= 15 is 0 Å². The van der Waals surface area contributed by atoms with Crippen LogP contribution in [0.4, 0.5) is 0 Å². The van der Waals surface area contributed by atoms with Gasteiger partial charge in [0.1, 0.15) is 17.6 Å². The van der Waals surface area contributed by atoms with Crippen LogP contribution in [-0.4, -0.2) is 23.1 Å². The zero-order valence-corrected chi connectivity index (χ0v) is 14.4. The van der Waals surface area contributed by atoms with Crippen molar-refractivity contribution in [1.82, 2.24) is 4.98 Å². The van der Waals surface area contributed by atoms with Gasteiger partial charge in [0.2, 0.25) is 0 Å². The third kappa shape index (κ3) is 2.21. The van der Waals surface area contributed by atoms with Gasteiger partial charge in [0.15, 0.2) is 0 Å². The zero-order valence-electron chi connectivity index (χ0n) is 14.4. The Labute approximate surface area is 146 Å². The van der Waals surface area contributed by atoms with Gasteiger partial charge in [-0.25, -0.2) is 0 Å². The molecule has 5 heteroatoms. The van der Waals surface area contributed by atoms with E-state index in [1.165, 1.54) is 12.8 Å². The first-order valence-corrected chi connectivity index (χ1v) is 9.09. The number of nitrogens with zero attached hydrogens (tertiary/aromatic N) is 1. The highest BCUT2D eigenvalue weighted by molar-refractivity contribution is 6.01. The van der Waals surface area contributed by atoms with Crippen LogP contribution in [0.1, 0.15) is 37.0 Å². The van der Waals surface area contributed by atoms with E-state index in [9.17, 15) is 4.79 Å². The second kappa shape index (κ2) is 5.10. The molecule has 2 unspecified atom stereocenters. The van der Waals surface area contributed by atoms with Crippen molar-refractivity contribution in [3.05, 3.63) is 30.0 Å². The SMILES string of the molecule is CC(C)Oc1cc2c(O[C@H]3C4C[C@@H]5C3[C@@H]5C4)ccnc2cc1C(N)=O. The summed E-state index contributed by atoms with van der Waals surface area (Å²) in [5.74, 6) is 4.09. The molecular formula is C20H22N2O3. The van der Waals surface area contributed by atoms with Crippen molar-refractivity contribution in [2.45, 2.75) is 38.9 Å². The van der Waals surface area contributed by atoms with Crippen molar-refractivity contribution in [3.8, 4) is 11.5 Å². The van der Waals surface area contributed by atoms with Gasteiger partial charge in [0.25, 0.3) is 5.91 Å². The lowest BCUT2D eigenvalue weighted by Crippen LogP contribution is -2.20. The minimum absolute atomic E-state index is 0.0501. The number of carbonyl (C=O) groups is 1. The van der Waals surface area contributed by atoms with Gasteiger partial charge >= 0.3 is 0 Å². The van der Waals surface area contributed by atoms with Crippen molar-refractivity contribution in [2.75, 3.05) is 0 Å². The molecule has 0 saturated heterocycles. The molecule has 4 aliphatic carbocycles. The molecule has 0 spiro atoms. The van der Waals surface area contributed by atoms with Gasteiger partial charge in [0.05, 0.1) is 17.2 Å². The van der Waals surface area contributed by atoms with Crippen LogP contribution < -0.4 is 15.2 Å². The second-order valence-corrected chi connectivity index (χ2v) is 7.92. The van der Waals surface area contributed by atoms with Crippen LogP contribution in [0, 0.1) is 23.7 Å². The van der Waals surface area contributed by atoms with E-state index in [0.717, 1.165) is 28.9 Å². The van der Waals surface area contributed by atoms with Gasteiger partial charge < -0.3 is 15.2 Å². The molecule has 25 heavy (non-hydrogen) atoms. The van der Waals surface area contributed by atoms with Crippen LogP contribution in [0.3, 0.4) is 0 Å². The Hall–Kier alpha value is -2.30. The van der Waals surface area contributed by atoms with Gasteiger partial charge in [-0.3, -0.25) is 9.78 Å². The summed E-state index contributed by atoms with van der Waals surface area (Å²) in [4.78, 5) is 16.2. The van der Waals surface area contributed by atoms with E-state index in [1.54, 1.807) is 12.3 Å². The Morgan fingerprint density at radius 3 is 2.60 bits per heavy atom. The number of ether oxygens (including phenoxy) is 2. The second-order valence-electron chi connectivity index (χ2n) is 7.92. The lowest BCUT2D eigenvalue weighted by atomic mass is 10.1. The smallest absolute Gasteiger partial charge is 0.252 e. The number of hydrogen-bond donors (Lipinski definition) is 1. The molecule has 4 aliphatic rings. The third-order valence-electron chi connectivity index (χ3n) is 6.09. The number of fused-ring (bicyclic) bond motifs is 1. The number of pyridine rings is 1. The number of nitrogens with two attached hydrogens (primary N) is 1. The van der Waals surface area contributed by atoms with E-state index in [2.05, 4.69) is 4.98 Å². The fraction of sp³-hybridized carbons (Fsp3) is 0.500. The number of rotatable bonds is 5. The molecule has 0 aliphatic heterocycles. The lowest BCUT2D eigenvalue weighted by Gasteiger charge is -2.20. The molecule has 1 aromatic carbocycles. The Morgan fingerprint density at radius 1 is 1.24 bits per heavy atom. The minimum Gasteiger partial charge on any atom is -0.490 e. The van der Waals surface area contributed by atoms with Gasteiger partial charge in [-0.1, -0.05) is 0 Å². The van der Waals surface area contributed by atoms with E-state index < -0.39 is 5.91 Å². The first-order chi connectivity index (χ1) is 12.0. The van der Waals surface area contributed by atoms with Crippen LogP contribution in [0.5, 0.6) is 11.5 Å². The van der Waals surface area contributed by atoms with Crippen LogP contribution in [0.25, 0.3) is 10.9 Å². The van der Waals surface area contributed by atoms with Gasteiger partial charge in [0, 0.05) is 17.5 Å². The monoisotopic (exact) mass is 338 g/mol. The number of hydrogen-bond acceptors (Lipinski definition) is 4. The predicted molar refractivity (Wildman–Crippen MR) is 93.6 cm³/mol. The summed E-state index contributed by atoms with van der Waals surface area (Å²) in [6, 6.07) is 5.47. The molecule has 4 fully saturated rings. The van der Waals surface area contributed by atoms with Crippen molar-refractivity contribution in [3.63, 3.8) is 0 Å². The molecule has 1 aromatic heterocycles. The quantitative estimate of drug-likeness (QED) is 0.909. The highest BCUT2D eigenvalue weighted by Crippen LogP contribution is 2.71. The molecule has 5 nitrogen and oxygen atoms in total. The van der Waals surface area contributed by atoms with Crippen molar-refractivity contribution in [2.24, 2.45) is 29.4 Å². The fourth-order valence-corrected chi connectivity index (χ4v) is 5.12. The number of carbonyl (C=O) groups excluding carboxylic acids is 1. The Balaban J connectivity index is 1.56. The molecule has 130 valence electrons. The lowest BCUT2D eigenvalue weighted by molar-refractivity contribution is 0.0994. The topological polar surface area (TPSA) is 74.4 Å². The first kappa shape index (κ1) is 15.0. The fourth-order valence-electron chi connectivity index (χ4n) is 5.12. The maximum atomic E-state index is 11.8. The molecule has 1 heterocycles. The van der Waals surface area contributed by atoms with Gasteiger partial charge in [-0.15, -0.1) is 0 Å². The predicted octanol–water partition coefficient (Wildman–Crippen LogP) is 3.15. The average molecular weight is 338 g/mol. The molecule has 5 atom stereocenters. The van der Waals surface area contributed by atoms with E-state index in [1.807, 2.05) is 26.0 Å². The molecule has 6 rings (SSSR count). The van der Waals surface area contributed by atoms with Crippen LogP contribution in [0.15, 0.2) is 24.4 Å². The van der Waals surface area contributed by atoms with E-state index in [4.69, 9.17) is 15.2 Å². The summed E-state index contributed by atoms with van der Waals surface area (Å²) < 4.78 is 12.3. The average Bonchev–Trinajstić information content (AvgIpc) is 2.91. The Kier molecular flexibility index (Phi) is 3.06. The molecule has 0 radical (unpaired) electrons. The summed E-state index contributed by atoms with van der Waals surface area (Å²) >= 11 is 0. The van der Waals surface area contributed by atoms with Crippen molar-refractivity contribution in [1.29, 1.82) is 0 Å². The normalized spacial score (nSPS) is 31.6. The first-order valence-electron chi connectivity index (χ1n) is 9.09. The molecule has 1 amide bonds. The number of benzene rings is 1. The minimum atomic E-state index is -0.511. The van der Waals surface area contributed by atoms with Crippen LogP contribution in [0.2, 0.25) is 0 Å². The molecule has 4 bridgehead atoms. The summed E-state index contributed by atoms with van der Waals surface area (Å²) in [5.41, 5.74) is 6.59. The standard InChI is InChI=1S/C20H22N2O3/c1-9(2)24-17-8-13-15(7-14(17)20(21)23)22-4-3-16(13)25-19-10-5-11-12(6-10)18(11)19/h3-4,7-12,18-19H,5-6H2,1-2H3,(H2,21,23)/t10?,11-,12+,18?,19-/m0/s1. The van der Waals surface area contributed by atoms with Crippen LogP contribution in [-0.2, 0) is 0 Å². The number of aromatic nitrogens is 1. The maximum Gasteiger partial charge on any atom is 0.252 e. The van der Waals surface area contributed by atoms with E-state index in [-0.39, 0.29) is 6.10 Å². The summed E-state index contributed by atoms with van der Waals surface area (Å²) in [6.45, 7) is 3.85. The molecular weight excluding hydrogens is 316 g/mol. The maximum absolute atomic E-state index is 11.8. The Bertz CT molecular complexity index is 865. The highest BCUT2D eigenvalue weighted by atomic mass is 16.5. The number of amides is 1. The van der Waals surface area contributed by atoms with Crippen molar-refractivity contribution < 1.29 is 14.3 Å². The highest BCUT2D eigenvalue weighted by Gasteiger charge is 2.69. The number of primary amides is 1. The molecule has 2 aromatic rings. The largest absolute Gasteiger partial charge is 0.490 e. The van der Waals surface area contributed by atoms with Crippen LogP contribution >= 0.6 is 0 Å². The Morgan fingerprint density at radius 2 is 2.00 bits per heavy atom. The molecule has 4 saturated carbocycles. The van der Waals surface area contributed by atoms with E-state index in [0.29, 0.717) is 28.9 Å². The molecule has 2 N–H and O–H groups in total. The summed E-state index contributed by atoms with van der Waals surface area (Å²) in [7, 11) is 0. The third-order valence-corrected chi connectivity index (χ3v) is 6.09. The van der Waals surface area contributed by atoms with Gasteiger partial charge in [-0.05, 0) is 62.6 Å². The summed E-state index contributed by atoms with van der Waals surface area (Å²) in [5, 5.41) is 0.879. The van der Waals surface area contributed by atoms with Gasteiger partial charge in [-0.2, -0.15) is 0 Å². The zero-order chi connectivity index (χ0) is 17.3. The van der Waals surface area contributed by atoms with Crippen molar-refractivity contribution >= 4 is 16.8 Å².